The Morgan fingerprint density at radius 1 is 1.04 bits per heavy atom. The highest BCUT2D eigenvalue weighted by atomic mass is 32.1. The molecule has 0 fully saturated rings. The number of nitrogens with one attached hydrogen (secondary N) is 1. The molecule has 2 aromatic carbocycles. The second kappa shape index (κ2) is 9.73. The van der Waals surface area contributed by atoms with E-state index in [1.54, 1.807) is 23.5 Å². The molecule has 0 saturated carbocycles. The predicted molar refractivity (Wildman–Crippen MR) is 107 cm³/mol. The third-order valence-electron chi connectivity index (χ3n) is 3.71. The van der Waals surface area contributed by atoms with Gasteiger partial charge in [-0.15, -0.1) is 11.3 Å². The van der Waals surface area contributed by atoms with Gasteiger partial charge in [-0.25, -0.2) is 4.98 Å². The van der Waals surface area contributed by atoms with Crippen LogP contribution in [0.3, 0.4) is 0 Å². The zero-order valence-corrected chi connectivity index (χ0v) is 16.0. The lowest BCUT2D eigenvalue weighted by atomic mass is 10.2. The van der Waals surface area contributed by atoms with Crippen molar-refractivity contribution in [2.24, 2.45) is 0 Å². The third-order valence-corrected chi connectivity index (χ3v) is 4.65. The molecule has 6 heteroatoms. The molecule has 27 heavy (non-hydrogen) atoms. The molecule has 1 heterocycles. The number of rotatable bonds is 9. The van der Waals surface area contributed by atoms with Gasteiger partial charge in [0.2, 0.25) is 0 Å². The van der Waals surface area contributed by atoms with Crippen molar-refractivity contribution in [1.29, 1.82) is 0 Å². The van der Waals surface area contributed by atoms with Crippen LogP contribution in [0.15, 0.2) is 60.0 Å². The van der Waals surface area contributed by atoms with Crippen molar-refractivity contribution in [2.75, 3.05) is 13.2 Å². The molecule has 0 radical (unpaired) electrons. The van der Waals surface area contributed by atoms with E-state index in [2.05, 4.69) is 17.2 Å². The first kappa shape index (κ1) is 18.9. The standard InChI is InChI=1S/C21H22N2O3S/c1-2-12-25-18-8-10-19(11-9-18)26-14-20(24)22-13-17-15-27-21(23-17)16-6-4-3-5-7-16/h3-11,15H,2,12-14H2,1H3,(H,22,24). The molecule has 0 aliphatic carbocycles. The van der Waals surface area contributed by atoms with Gasteiger partial charge < -0.3 is 14.8 Å². The molecule has 0 atom stereocenters. The van der Waals surface area contributed by atoms with Gasteiger partial charge in [0, 0.05) is 10.9 Å². The van der Waals surface area contributed by atoms with Crippen LogP contribution in [0.5, 0.6) is 11.5 Å². The fourth-order valence-electron chi connectivity index (χ4n) is 2.34. The van der Waals surface area contributed by atoms with E-state index in [1.165, 1.54) is 0 Å². The summed E-state index contributed by atoms with van der Waals surface area (Å²) in [6.45, 7) is 3.09. The summed E-state index contributed by atoms with van der Waals surface area (Å²) in [4.78, 5) is 16.5. The molecule has 0 aliphatic heterocycles. The summed E-state index contributed by atoms with van der Waals surface area (Å²) in [5.41, 5.74) is 1.92. The normalized spacial score (nSPS) is 10.4. The lowest BCUT2D eigenvalue weighted by molar-refractivity contribution is -0.123. The van der Waals surface area contributed by atoms with Gasteiger partial charge in [-0.2, -0.15) is 0 Å². The maximum Gasteiger partial charge on any atom is 0.258 e. The van der Waals surface area contributed by atoms with Crippen molar-refractivity contribution in [2.45, 2.75) is 19.9 Å². The molecule has 1 aromatic heterocycles. The molecule has 3 rings (SSSR count). The second-order valence-electron chi connectivity index (χ2n) is 5.90. The van der Waals surface area contributed by atoms with E-state index in [-0.39, 0.29) is 12.5 Å². The van der Waals surface area contributed by atoms with E-state index in [4.69, 9.17) is 9.47 Å². The summed E-state index contributed by atoms with van der Waals surface area (Å²) in [6.07, 6.45) is 0.963. The monoisotopic (exact) mass is 382 g/mol. The van der Waals surface area contributed by atoms with Crippen LogP contribution in [-0.4, -0.2) is 24.1 Å². The van der Waals surface area contributed by atoms with Crippen molar-refractivity contribution in [3.8, 4) is 22.1 Å². The maximum atomic E-state index is 12.0. The minimum absolute atomic E-state index is 0.0369. The van der Waals surface area contributed by atoms with Crippen molar-refractivity contribution in [3.05, 3.63) is 65.7 Å². The number of hydrogen-bond donors (Lipinski definition) is 1. The van der Waals surface area contributed by atoms with Crippen molar-refractivity contribution in [3.63, 3.8) is 0 Å². The highest BCUT2D eigenvalue weighted by molar-refractivity contribution is 7.13. The first-order valence-electron chi connectivity index (χ1n) is 8.87. The first-order chi connectivity index (χ1) is 13.2. The fraction of sp³-hybridized carbons (Fsp3) is 0.238. The molecule has 0 unspecified atom stereocenters. The number of aromatic nitrogens is 1. The number of amides is 1. The van der Waals surface area contributed by atoms with E-state index in [0.717, 1.165) is 28.4 Å². The summed E-state index contributed by atoms with van der Waals surface area (Å²) >= 11 is 1.57. The Morgan fingerprint density at radius 2 is 1.74 bits per heavy atom. The minimum atomic E-state index is -0.185. The van der Waals surface area contributed by atoms with E-state index in [1.807, 2.05) is 47.8 Å². The molecule has 3 aromatic rings. The Labute approximate surface area is 163 Å². The van der Waals surface area contributed by atoms with Gasteiger partial charge in [0.25, 0.3) is 5.91 Å². The SMILES string of the molecule is CCCOc1ccc(OCC(=O)NCc2csc(-c3ccccc3)n2)cc1. The Bertz CT molecular complexity index is 847. The van der Waals surface area contributed by atoms with E-state index in [0.29, 0.717) is 18.9 Å². The number of thiazole rings is 1. The summed E-state index contributed by atoms with van der Waals surface area (Å²) in [5, 5.41) is 5.73. The Kier molecular flexibility index (Phi) is 6.82. The topological polar surface area (TPSA) is 60.5 Å². The van der Waals surface area contributed by atoms with Gasteiger partial charge in [-0.3, -0.25) is 4.79 Å². The van der Waals surface area contributed by atoms with Crippen LogP contribution >= 0.6 is 11.3 Å². The van der Waals surface area contributed by atoms with Gasteiger partial charge in [0.05, 0.1) is 18.8 Å². The van der Waals surface area contributed by atoms with Crippen molar-refractivity contribution < 1.29 is 14.3 Å². The zero-order valence-electron chi connectivity index (χ0n) is 15.2. The number of carbonyl (C=O) groups excluding carboxylic acids is 1. The molecule has 5 nitrogen and oxygen atoms in total. The highest BCUT2D eigenvalue weighted by Gasteiger charge is 2.07. The number of carbonyl (C=O) groups is 1. The molecule has 1 N–H and O–H groups in total. The Hall–Kier alpha value is -2.86. The van der Waals surface area contributed by atoms with Gasteiger partial charge in [0.15, 0.2) is 6.61 Å². The summed E-state index contributed by atoms with van der Waals surface area (Å²) in [7, 11) is 0. The summed E-state index contributed by atoms with van der Waals surface area (Å²) in [5.74, 6) is 1.25. The minimum Gasteiger partial charge on any atom is -0.494 e. The van der Waals surface area contributed by atoms with Crippen LogP contribution < -0.4 is 14.8 Å². The average molecular weight is 382 g/mol. The highest BCUT2D eigenvalue weighted by Crippen LogP contribution is 2.23. The smallest absolute Gasteiger partial charge is 0.258 e. The van der Waals surface area contributed by atoms with Crippen LogP contribution in [0.4, 0.5) is 0 Å². The van der Waals surface area contributed by atoms with Crippen LogP contribution in [0.2, 0.25) is 0 Å². The Balaban J connectivity index is 1.43. The van der Waals surface area contributed by atoms with E-state index in [9.17, 15) is 4.79 Å². The molecule has 0 bridgehead atoms. The third kappa shape index (κ3) is 5.82. The predicted octanol–water partition coefficient (Wildman–Crippen LogP) is 4.29. The van der Waals surface area contributed by atoms with E-state index >= 15 is 0 Å². The quantitative estimate of drug-likeness (QED) is 0.600. The molecule has 0 saturated heterocycles. The van der Waals surface area contributed by atoms with Gasteiger partial charge >= 0.3 is 0 Å². The number of hydrogen-bond acceptors (Lipinski definition) is 5. The average Bonchev–Trinajstić information content (AvgIpc) is 3.20. The number of ether oxygens (including phenoxy) is 2. The lowest BCUT2D eigenvalue weighted by Gasteiger charge is -2.08. The first-order valence-corrected chi connectivity index (χ1v) is 9.74. The summed E-state index contributed by atoms with van der Waals surface area (Å²) < 4.78 is 11.0. The molecular weight excluding hydrogens is 360 g/mol. The molecular formula is C21H22N2O3S. The molecule has 0 aliphatic rings. The van der Waals surface area contributed by atoms with Gasteiger partial charge in [0.1, 0.15) is 16.5 Å². The molecule has 140 valence electrons. The largest absolute Gasteiger partial charge is 0.494 e. The summed E-state index contributed by atoms with van der Waals surface area (Å²) in [6, 6.07) is 17.3. The zero-order chi connectivity index (χ0) is 18.9. The van der Waals surface area contributed by atoms with Crippen LogP contribution in [0, 0.1) is 0 Å². The fourth-order valence-corrected chi connectivity index (χ4v) is 3.17. The molecule has 1 amide bonds. The lowest BCUT2D eigenvalue weighted by Crippen LogP contribution is -2.28. The number of nitrogens with zero attached hydrogens (tertiary/aromatic N) is 1. The second-order valence-corrected chi connectivity index (χ2v) is 6.75. The molecule has 0 spiro atoms. The Morgan fingerprint density at radius 3 is 2.44 bits per heavy atom. The van der Waals surface area contributed by atoms with Gasteiger partial charge in [-0.05, 0) is 30.7 Å². The van der Waals surface area contributed by atoms with Gasteiger partial charge in [-0.1, -0.05) is 37.3 Å². The van der Waals surface area contributed by atoms with Crippen molar-refractivity contribution >= 4 is 17.2 Å². The van der Waals surface area contributed by atoms with E-state index < -0.39 is 0 Å². The van der Waals surface area contributed by atoms with Crippen LogP contribution in [0.1, 0.15) is 19.0 Å². The van der Waals surface area contributed by atoms with Crippen molar-refractivity contribution in [1.82, 2.24) is 10.3 Å². The van der Waals surface area contributed by atoms with Crippen LogP contribution in [-0.2, 0) is 11.3 Å². The number of benzene rings is 2. The van der Waals surface area contributed by atoms with Crippen LogP contribution in [0.25, 0.3) is 10.6 Å². The maximum absolute atomic E-state index is 12.0.